The molecule has 0 saturated heterocycles. The van der Waals surface area contributed by atoms with Gasteiger partial charge >= 0.3 is 6.09 Å². The summed E-state index contributed by atoms with van der Waals surface area (Å²) in [6.45, 7) is 7.58. The van der Waals surface area contributed by atoms with Gasteiger partial charge in [0.05, 0.1) is 6.61 Å². The lowest BCUT2D eigenvalue weighted by atomic mass is 10.0. The van der Waals surface area contributed by atoms with Crippen molar-refractivity contribution in [1.82, 2.24) is 10.2 Å². The number of fused-ring (bicyclic) bond motifs is 1. The van der Waals surface area contributed by atoms with Crippen LogP contribution in [0.4, 0.5) is 4.79 Å². The molecule has 0 fully saturated rings. The maximum absolute atomic E-state index is 11.9. The molecule has 0 aromatic heterocycles. The Balaban J connectivity index is 1.85. The Morgan fingerprint density at radius 3 is 2.65 bits per heavy atom. The molecule has 5 nitrogen and oxygen atoms in total. The molecular weight excluding hydrogens is 328 g/mol. The van der Waals surface area contributed by atoms with E-state index in [1.807, 2.05) is 33.9 Å². The van der Waals surface area contributed by atoms with Crippen LogP contribution in [0, 0.1) is 0 Å². The predicted octanol–water partition coefficient (Wildman–Crippen LogP) is 4.20. The smallest absolute Gasteiger partial charge is 0.410 e. The van der Waals surface area contributed by atoms with Gasteiger partial charge < -0.3 is 19.7 Å². The van der Waals surface area contributed by atoms with E-state index in [1.165, 1.54) is 16.3 Å². The largest absolute Gasteiger partial charge is 0.494 e. The normalized spacial score (nSPS) is 11.4. The molecule has 0 saturated carbocycles. The third-order valence-electron chi connectivity index (χ3n) is 3.92. The molecule has 0 aliphatic rings. The van der Waals surface area contributed by atoms with Crippen molar-refractivity contribution in [3.05, 3.63) is 42.0 Å². The number of amides is 1. The zero-order valence-corrected chi connectivity index (χ0v) is 16.5. The second-order valence-corrected chi connectivity index (χ2v) is 7.43. The molecule has 0 heterocycles. The molecule has 0 aliphatic heterocycles. The first-order valence-electron chi connectivity index (χ1n) is 9.03. The molecule has 2 aromatic rings. The van der Waals surface area contributed by atoms with Gasteiger partial charge in [-0.15, -0.1) is 0 Å². The van der Waals surface area contributed by atoms with Crippen LogP contribution in [0.3, 0.4) is 0 Å². The average molecular weight is 358 g/mol. The van der Waals surface area contributed by atoms with Crippen LogP contribution in [0.1, 0.15) is 32.8 Å². The summed E-state index contributed by atoms with van der Waals surface area (Å²) in [5.41, 5.74) is 0.801. The van der Waals surface area contributed by atoms with Gasteiger partial charge in [-0.25, -0.2) is 4.79 Å². The molecule has 26 heavy (non-hydrogen) atoms. The number of ether oxygens (including phenoxy) is 2. The minimum absolute atomic E-state index is 0.305. The number of carbonyl (C=O) groups is 1. The first-order valence-corrected chi connectivity index (χ1v) is 9.03. The Hall–Kier alpha value is -2.27. The van der Waals surface area contributed by atoms with Crippen molar-refractivity contribution in [2.24, 2.45) is 0 Å². The second-order valence-electron chi connectivity index (χ2n) is 7.43. The lowest BCUT2D eigenvalue weighted by Crippen LogP contribution is -2.35. The van der Waals surface area contributed by atoms with E-state index in [4.69, 9.17) is 9.47 Å². The summed E-state index contributed by atoms with van der Waals surface area (Å²) in [4.78, 5) is 13.5. The van der Waals surface area contributed by atoms with Crippen molar-refractivity contribution in [3.8, 4) is 5.75 Å². The highest BCUT2D eigenvalue weighted by Gasteiger charge is 2.19. The number of hydrogen-bond acceptors (Lipinski definition) is 4. The summed E-state index contributed by atoms with van der Waals surface area (Å²) in [5.74, 6) is 0.846. The number of nitrogens with one attached hydrogen (secondary N) is 1. The molecule has 2 aromatic carbocycles. The van der Waals surface area contributed by atoms with Gasteiger partial charge in [0.15, 0.2) is 0 Å². The molecule has 0 atom stereocenters. The Bertz CT molecular complexity index is 738. The fraction of sp³-hybridized carbons (Fsp3) is 0.476. The lowest BCUT2D eigenvalue weighted by molar-refractivity contribution is 0.0292. The van der Waals surface area contributed by atoms with Gasteiger partial charge in [-0.1, -0.05) is 24.3 Å². The number of hydrogen-bond donors (Lipinski definition) is 1. The molecule has 5 heteroatoms. The van der Waals surface area contributed by atoms with Gasteiger partial charge in [0, 0.05) is 20.1 Å². The standard InChI is InChI=1S/C21H30N2O3/c1-21(2,3)26-20(24)23(5)12-7-13-25-18-10-11-19-16(14-18)8-6-9-17(19)15-22-4/h6,8-11,14,22H,7,12-13,15H2,1-5H3. The third-order valence-corrected chi connectivity index (χ3v) is 3.92. The second kappa shape index (κ2) is 8.90. The van der Waals surface area contributed by atoms with Crippen LogP contribution in [-0.2, 0) is 11.3 Å². The van der Waals surface area contributed by atoms with Gasteiger partial charge in [-0.3, -0.25) is 0 Å². The molecule has 1 amide bonds. The lowest BCUT2D eigenvalue weighted by Gasteiger charge is -2.24. The minimum atomic E-state index is -0.473. The predicted molar refractivity (Wildman–Crippen MR) is 106 cm³/mol. The maximum atomic E-state index is 11.9. The minimum Gasteiger partial charge on any atom is -0.494 e. The molecule has 0 radical (unpaired) electrons. The van der Waals surface area contributed by atoms with E-state index in [9.17, 15) is 4.79 Å². The van der Waals surface area contributed by atoms with E-state index in [0.29, 0.717) is 13.2 Å². The van der Waals surface area contributed by atoms with Crippen molar-refractivity contribution in [2.45, 2.75) is 39.3 Å². The van der Waals surface area contributed by atoms with Gasteiger partial charge in [0.2, 0.25) is 0 Å². The summed E-state index contributed by atoms with van der Waals surface area (Å²) in [7, 11) is 3.69. The van der Waals surface area contributed by atoms with Crippen LogP contribution in [0.2, 0.25) is 0 Å². The monoisotopic (exact) mass is 358 g/mol. The number of carbonyl (C=O) groups excluding carboxylic acids is 1. The summed E-state index contributed by atoms with van der Waals surface area (Å²) in [5, 5.41) is 5.60. The highest BCUT2D eigenvalue weighted by atomic mass is 16.6. The number of benzene rings is 2. The molecule has 0 bridgehead atoms. The molecule has 142 valence electrons. The molecular formula is C21H30N2O3. The van der Waals surface area contributed by atoms with Gasteiger partial charge in [-0.05, 0) is 62.7 Å². The van der Waals surface area contributed by atoms with Gasteiger partial charge in [0.25, 0.3) is 0 Å². The number of nitrogens with zero attached hydrogens (tertiary/aromatic N) is 1. The summed E-state index contributed by atoms with van der Waals surface area (Å²) >= 11 is 0. The van der Waals surface area contributed by atoms with Gasteiger partial charge in [0.1, 0.15) is 11.4 Å². The van der Waals surface area contributed by atoms with Crippen molar-refractivity contribution in [3.63, 3.8) is 0 Å². The SMILES string of the molecule is CNCc1cccc2cc(OCCCN(C)C(=O)OC(C)(C)C)ccc12. The van der Waals surface area contributed by atoms with E-state index in [-0.39, 0.29) is 6.09 Å². The van der Waals surface area contributed by atoms with E-state index in [1.54, 1.807) is 11.9 Å². The Morgan fingerprint density at radius 1 is 1.19 bits per heavy atom. The van der Waals surface area contributed by atoms with Crippen molar-refractivity contribution >= 4 is 16.9 Å². The fourth-order valence-corrected chi connectivity index (χ4v) is 2.69. The van der Waals surface area contributed by atoms with Crippen LogP contribution < -0.4 is 10.1 Å². The van der Waals surface area contributed by atoms with Gasteiger partial charge in [-0.2, -0.15) is 0 Å². The molecule has 0 unspecified atom stereocenters. The van der Waals surface area contributed by atoms with Crippen molar-refractivity contribution in [1.29, 1.82) is 0 Å². The molecule has 0 spiro atoms. The third kappa shape index (κ3) is 5.92. The average Bonchev–Trinajstić information content (AvgIpc) is 2.57. The van der Waals surface area contributed by atoms with Crippen LogP contribution >= 0.6 is 0 Å². The van der Waals surface area contributed by atoms with Crippen LogP contribution in [0.25, 0.3) is 10.8 Å². The topological polar surface area (TPSA) is 50.8 Å². The summed E-state index contributed by atoms with van der Waals surface area (Å²) in [6, 6.07) is 12.5. The fourth-order valence-electron chi connectivity index (χ4n) is 2.69. The van der Waals surface area contributed by atoms with E-state index in [2.05, 4.69) is 35.6 Å². The van der Waals surface area contributed by atoms with Crippen molar-refractivity contribution < 1.29 is 14.3 Å². The molecule has 1 N–H and O–H groups in total. The first kappa shape index (κ1) is 20.0. The van der Waals surface area contributed by atoms with Crippen LogP contribution in [-0.4, -0.2) is 43.8 Å². The quantitative estimate of drug-likeness (QED) is 0.754. The number of rotatable bonds is 7. The van der Waals surface area contributed by atoms with Crippen molar-refractivity contribution in [2.75, 3.05) is 27.2 Å². The zero-order chi connectivity index (χ0) is 19.2. The maximum Gasteiger partial charge on any atom is 0.410 e. The molecule has 2 rings (SSSR count). The Kier molecular flexibility index (Phi) is 6.86. The summed E-state index contributed by atoms with van der Waals surface area (Å²) < 4.78 is 11.2. The van der Waals surface area contributed by atoms with Crippen LogP contribution in [0.15, 0.2) is 36.4 Å². The summed E-state index contributed by atoms with van der Waals surface area (Å²) in [6.07, 6.45) is 0.438. The highest BCUT2D eigenvalue weighted by Crippen LogP contribution is 2.24. The Labute approximate surface area is 156 Å². The van der Waals surface area contributed by atoms with Crippen LogP contribution in [0.5, 0.6) is 5.75 Å². The molecule has 0 aliphatic carbocycles. The first-order chi connectivity index (χ1) is 12.3. The highest BCUT2D eigenvalue weighted by molar-refractivity contribution is 5.87. The van der Waals surface area contributed by atoms with E-state index >= 15 is 0 Å². The van der Waals surface area contributed by atoms with E-state index < -0.39 is 5.60 Å². The zero-order valence-electron chi connectivity index (χ0n) is 16.5. The van der Waals surface area contributed by atoms with E-state index in [0.717, 1.165) is 18.7 Å². The Morgan fingerprint density at radius 2 is 1.96 bits per heavy atom.